The summed E-state index contributed by atoms with van der Waals surface area (Å²) >= 11 is 0. The van der Waals surface area contributed by atoms with Crippen LogP contribution in [0.4, 0.5) is 18.9 Å². The van der Waals surface area contributed by atoms with Crippen LogP contribution in [0.25, 0.3) is 0 Å². The number of nitrogens with one attached hydrogen (secondary N) is 1. The molecule has 24 heavy (non-hydrogen) atoms. The number of ether oxygens (including phenoxy) is 1. The second kappa shape index (κ2) is 7.75. The fraction of sp³-hybridized carbons (Fsp3) is 0.308. The topological polar surface area (TPSA) is 123 Å². The highest BCUT2D eigenvalue weighted by Crippen LogP contribution is 2.36. The monoisotopic (exact) mass is 348 g/mol. The molecule has 0 saturated carbocycles. The molecule has 11 heteroatoms. The molecule has 0 aliphatic heterocycles. The summed E-state index contributed by atoms with van der Waals surface area (Å²) in [7, 11) is 1.45. The maximum absolute atomic E-state index is 12.6. The van der Waals surface area contributed by atoms with E-state index in [1.807, 2.05) is 0 Å². The number of nitro groups is 1. The highest BCUT2D eigenvalue weighted by atomic mass is 19.4. The van der Waals surface area contributed by atoms with Crippen molar-refractivity contribution in [3.8, 4) is 5.75 Å². The van der Waals surface area contributed by atoms with Crippen molar-refractivity contribution >= 4 is 11.4 Å². The molecule has 1 aromatic rings. The Balaban J connectivity index is 3.10. The van der Waals surface area contributed by atoms with Crippen LogP contribution >= 0.6 is 0 Å². The predicted molar refractivity (Wildman–Crippen MR) is 79.2 cm³/mol. The number of benzene rings is 1. The van der Waals surface area contributed by atoms with Crippen molar-refractivity contribution in [2.24, 2.45) is 10.7 Å². The lowest BCUT2D eigenvalue weighted by Gasteiger charge is -2.10. The lowest BCUT2D eigenvalue weighted by atomic mass is 10.2. The van der Waals surface area contributed by atoms with Crippen molar-refractivity contribution in [1.29, 1.82) is 0 Å². The van der Waals surface area contributed by atoms with E-state index in [1.165, 1.54) is 14.0 Å². The van der Waals surface area contributed by atoms with E-state index in [-0.39, 0.29) is 11.6 Å². The predicted octanol–water partition coefficient (Wildman–Crippen LogP) is 1.75. The van der Waals surface area contributed by atoms with Crippen LogP contribution in [-0.4, -0.2) is 29.1 Å². The Hall–Kier alpha value is -2.66. The number of nitrogens with zero attached hydrogens (tertiary/aromatic N) is 2. The zero-order valence-electron chi connectivity index (χ0n) is 12.7. The van der Waals surface area contributed by atoms with Gasteiger partial charge in [0, 0.05) is 17.9 Å². The molecule has 0 bridgehead atoms. The SMILES string of the molecule is CNC(O)N=C(C)C=C(N)Oc1ccc(C(F)(F)F)cc1[N+](=O)[O-]. The number of alkyl halides is 3. The Morgan fingerprint density at radius 3 is 2.67 bits per heavy atom. The zero-order chi connectivity index (χ0) is 18.5. The molecule has 1 rings (SSSR count). The van der Waals surface area contributed by atoms with Crippen LogP contribution in [0.3, 0.4) is 0 Å². The lowest BCUT2D eigenvalue weighted by molar-refractivity contribution is -0.386. The van der Waals surface area contributed by atoms with Crippen molar-refractivity contribution in [2.75, 3.05) is 7.05 Å². The summed E-state index contributed by atoms with van der Waals surface area (Å²) in [4.78, 5) is 13.6. The minimum absolute atomic E-state index is 0.226. The number of hydrogen-bond donors (Lipinski definition) is 3. The minimum atomic E-state index is -4.72. The summed E-state index contributed by atoms with van der Waals surface area (Å²) in [6.45, 7) is 1.47. The average Bonchev–Trinajstić information content (AvgIpc) is 2.45. The number of allylic oxidation sites excluding steroid dienone is 1. The standard InChI is InChI=1S/C13H15F3N4O4/c1-7(19-12(21)18-2)5-11(17)24-10-4-3-8(13(14,15)16)6-9(10)20(22)23/h3-6,12,18,21H,17H2,1-2H3. The van der Waals surface area contributed by atoms with Gasteiger partial charge in [0.15, 0.2) is 5.88 Å². The van der Waals surface area contributed by atoms with Crippen LogP contribution < -0.4 is 15.8 Å². The van der Waals surface area contributed by atoms with Gasteiger partial charge in [-0.1, -0.05) is 0 Å². The number of rotatable bonds is 6. The van der Waals surface area contributed by atoms with Crippen molar-refractivity contribution in [3.63, 3.8) is 0 Å². The van der Waals surface area contributed by atoms with Gasteiger partial charge in [0.25, 0.3) is 0 Å². The summed E-state index contributed by atoms with van der Waals surface area (Å²) < 4.78 is 42.8. The number of aliphatic imine (C=N–C) groups is 1. The third-order valence-corrected chi connectivity index (χ3v) is 2.65. The molecule has 4 N–H and O–H groups in total. The lowest BCUT2D eigenvalue weighted by Crippen LogP contribution is -2.23. The van der Waals surface area contributed by atoms with Gasteiger partial charge in [-0.05, 0) is 26.1 Å². The molecule has 132 valence electrons. The first kappa shape index (κ1) is 19.4. The molecule has 8 nitrogen and oxygen atoms in total. The van der Waals surface area contributed by atoms with Crippen molar-refractivity contribution < 1.29 is 27.9 Å². The van der Waals surface area contributed by atoms with Crippen molar-refractivity contribution in [1.82, 2.24) is 5.32 Å². The van der Waals surface area contributed by atoms with Gasteiger partial charge in [-0.3, -0.25) is 15.4 Å². The third kappa shape index (κ3) is 5.52. The molecular formula is C13H15F3N4O4. The van der Waals surface area contributed by atoms with E-state index in [4.69, 9.17) is 10.5 Å². The molecule has 0 aliphatic carbocycles. The number of hydrogen-bond acceptors (Lipinski definition) is 7. The van der Waals surface area contributed by atoms with E-state index in [0.717, 1.165) is 12.1 Å². The van der Waals surface area contributed by atoms with Gasteiger partial charge < -0.3 is 15.6 Å². The Labute approximate surface area is 134 Å². The molecule has 0 aliphatic rings. The summed E-state index contributed by atoms with van der Waals surface area (Å²) in [5.41, 5.74) is 3.69. The highest BCUT2D eigenvalue weighted by Gasteiger charge is 2.33. The van der Waals surface area contributed by atoms with E-state index in [0.29, 0.717) is 12.1 Å². The van der Waals surface area contributed by atoms with E-state index in [1.54, 1.807) is 0 Å². The van der Waals surface area contributed by atoms with Crippen LogP contribution in [0.1, 0.15) is 12.5 Å². The van der Waals surface area contributed by atoms with Crippen LogP contribution in [-0.2, 0) is 6.18 Å². The highest BCUT2D eigenvalue weighted by molar-refractivity contribution is 5.93. The van der Waals surface area contributed by atoms with Gasteiger partial charge in [-0.25, -0.2) is 4.99 Å². The van der Waals surface area contributed by atoms with Crippen LogP contribution in [0.15, 0.2) is 35.2 Å². The van der Waals surface area contributed by atoms with Crippen LogP contribution in [0, 0.1) is 10.1 Å². The Bertz CT molecular complexity index is 674. The molecule has 0 aromatic heterocycles. The van der Waals surface area contributed by atoms with E-state index < -0.39 is 34.5 Å². The first-order valence-corrected chi connectivity index (χ1v) is 6.45. The number of aliphatic hydroxyl groups is 1. The Morgan fingerprint density at radius 1 is 1.54 bits per heavy atom. The summed E-state index contributed by atoms with van der Waals surface area (Å²) in [5.74, 6) is -0.800. The maximum atomic E-state index is 12.6. The molecular weight excluding hydrogens is 333 g/mol. The van der Waals surface area contributed by atoms with E-state index >= 15 is 0 Å². The molecule has 0 radical (unpaired) electrons. The van der Waals surface area contributed by atoms with Gasteiger partial charge in [-0.15, -0.1) is 0 Å². The van der Waals surface area contributed by atoms with Gasteiger partial charge in [-0.2, -0.15) is 13.2 Å². The summed E-state index contributed by atoms with van der Waals surface area (Å²) in [6, 6.07) is 1.80. The van der Waals surface area contributed by atoms with Crippen LogP contribution in [0.2, 0.25) is 0 Å². The van der Waals surface area contributed by atoms with Crippen molar-refractivity contribution in [2.45, 2.75) is 19.5 Å². The average molecular weight is 348 g/mol. The van der Waals surface area contributed by atoms with Gasteiger partial charge in [0.1, 0.15) is 0 Å². The van der Waals surface area contributed by atoms with Gasteiger partial charge in [0.05, 0.1) is 10.5 Å². The van der Waals surface area contributed by atoms with Gasteiger partial charge >= 0.3 is 11.9 Å². The normalized spacial score (nSPS) is 14.4. The second-order valence-corrected chi connectivity index (χ2v) is 4.52. The molecule has 1 unspecified atom stereocenters. The number of nitro benzene ring substituents is 1. The summed E-state index contributed by atoms with van der Waals surface area (Å²) in [5, 5.41) is 22.6. The molecule has 0 saturated heterocycles. The molecule has 1 atom stereocenters. The molecule has 0 heterocycles. The van der Waals surface area contributed by atoms with Crippen LogP contribution in [0.5, 0.6) is 5.75 Å². The van der Waals surface area contributed by atoms with Crippen molar-refractivity contribution in [3.05, 3.63) is 45.8 Å². The zero-order valence-corrected chi connectivity index (χ0v) is 12.7. The number of halogens is 3. The minimum Gasteiger partial charge on any atom is -0.434 e. The fourth-order valence-corrected chi connectivity index (χ4v) is 1.58. The Morgan fingerprint density at radius 2 is 2.17 bits per heavy atom. The fourth-order valence-electron chi connectivity index (χ4n) is 1.58. The Kier molecular flexibility index (Phi) is 6.26. The smallest absolute Gasteiger partial charge is 0.416 e. The summed E-state index contributed by atoms with van der Waals surface area (Å²) in [6.07, 6.45) is -4.76. The van der Waals surface area contributed by atoms with E-state index in [2.05, 4.69) is 10.3 Å². The quantitative estimate of drug-likeness (QED) is 0.237. The van der Waals surface area contributed by atoms with E-state index in [9.17, 15) is 28.4 Å². The molecule has 0 spiro atoms. The second-order valence-electron chi connectivity index (χ2n) is 4.52. The maximum Gasteiger partial charge on any atom is 0.416 e. The molecule has 0 amide bonds. The molecule has 0 fully saturated rings. The largest absolute Gasteiger partial charge is 0.434 e. The van der Waals surface area contributed by atoms with Gasteiger partial charge in [0.2, 0.25) is 12.1 Å². The first-order chi connectivity index (χ1) is 11.0. The number of aliphatic hydroxyl groups excluding tert-OH is 1. The number of nitrogens with two attached hydrogens (primary N) is 1. The molecule has 1 aromatic carbocycles. The first-order valence-electron chi connectivity index (χ1n) is 6.45. The third-order valence-electron chi connectivity index (χ3n) is 2.65.